The van der Waals surface area contributed by atoms with Gasteiger partial charge in [-0.1, -0.05) is 18.2 Å². The number of hydrogen-bond acceptors (Lipinski definition) is 5. The first-order chi connectivity index (χ1) is 9.08. The molecule has 0 spiro atoms. The third kappa shape index (κ3) is 3.13. The van der Waals surface area contributed by atoms with E-state index in [1.807, 2.05) is 49.3 Å². The Kier molecular flexibility index (Phi) is 3.85. The van der Waals surface area contributed by atoms with Crippen molar-refractivity contribution in [1.82, 2.24) is 9.97 Å². The van der Waals surface area contributed by atoms with Crippen molar-refractivity contribution >= 4 is 17.5 Å². The third-order valence-electron chi connectivity index (χ3n) is 2.87. The molecule has 1 unspecified atom stereocenters. The predicted molar refractivity (Wildman–Crippen MR) is 79.3 cm³/mol. The normalized spacial score (nSPS) is 11.9. The molecule has 5 nitrogen and oxygen atoms in total. The SMILES string of the molecule is CC(Nc1ccnc(N(C)C)n1)c1ccccc1N. The van der Waals surface area contributed by atoms with Crippen LogP contribution in [0.15, 0.2) is 36.5 Å². The van der Waals surface area contributed by atoms with Gasteiger partial charge in [-0.05, 0) is 24.6 Å². The average Bonchev–Trinajstić information content (AvgIpc) is 2.39. The number of aromatic nitrogens is 2. The van der Waals surface area contributed by atoms with Gasteiger partial charge in [0.25, 0.3) is 0 Å². The van der Waals surface area contributed by atoms with Gasteiger partial charge in [-0.15, -0.1) is 0 Å². The molecule has 100 valence electrons. The monoisotopic (exact) mass is 257 g/mol. The molecule has 19 heavy (non-hydrogen) atoms. The standard InChI is InChI=1S/C14H19N5/c1-10(11-6-4-5-7-12(11)15)17-13-8-9-16-14(18-13)19(2)3/h4-10H,15H2,1-3H3,(H,16,17,18). The fourth-order valence-electron chi connectivity index (χ4n) is 1.85. The van der Waals surface area contributed by atoms with Gasteiger partial charge >= 0.3 is 0 Å². The molecular weight excluding hydrogens is 238 g/mol. The summed E-state index contributed by atoms with van der Waals surface area (Å²) in [6.07, 6.45) is 1.74. The first kappa shape index (κ1) is 13.1. The summed E-state index contributed by atoms with van der Waals surface area (Å²) in [4.78, 5) is 10.5. The number of nitrogen functional groups attached to an aromatic ring is 1. The predicted octanol–water partition coefficient (Wildman–Crippen LogP) is 2.30. The average molecular weight is 257 g/mol. The Labute approximate surface area is 113 Å². The molecule has 1 aromatic carbocycles. The van der Waals surface area contributed by atoms with E-state index < -0.39 is 0 Å². The molecule has 0 bridgehead atoms. The Balaban J connectivity index is 2.17. The lowest BCUT2D eigenvalue weighted by Gasteiger charge is -2.18. The summed E-state index contributed by atoms with van der Waals surface area (Å²) in [5.41, 5.74) is 7.82. The maximum absolute atomic E-state index is 5.97. The summed E-state index contributed by atoms with van der Waals surface area (Å²) in [7, 11) is 3.83. The first-order valence-corrected chi connectivity index (χ1v) is 6.19. The van der Waals surface area contributed by atoms with Crippen LogP contribution in [-0.4, -0.2) is 24.1 Å². The molecule has 2 rings (SSSR count). The van der Waals surface area contributed by atoms with Crippen molar-refractivity contribution in [3.05, 3.63) is 42.1 Å². The summed E-state index contributed by atoms with van der Waals surface area (Å²) < 4.78 is 0. The molecule has 0 saturated heterocycles. The summed E-state index contributed by atoms with van der Waals surface area (Å²) in [6, 6.07) is 9.77. The van der Waals surface area contributed by atoms with Gasteiger partial charge in [-0.2, -0.15) is 4.98 Å². The highest BCUT2D eigenvalue weighted by Gasteiger charge is 2.09. The zero-order valence-electron chi connectivity index (χ0n) is 11.5. The van der Waals surface area contributed by atoms with Gasteiger partial charge < -0.3 is 16.0 Å². The van der Waals surface area contributed by atoms with Gasteiger partial charge in [0.2, 0.25) is 5.95 Å². The molecule has 0 aliphatic carbocycles. The molecule has 1 aromatic heterocycles. The van der Waals surface area contributed by atoms with E-state index >= 15 is 0 Å². The third-order valence-corrected chi connectivity index (χ3v) is 2.87. The van der Waals surface area contributed by atoms with Crippen LogP contribution in [0.25, 0.3) is 0 Å². The second kappa shape index (κ2) is 5.56. The zero-order valence-corrected chi connectivity index (χ0v) is 11.5. The number of rotatable bonds is 4. The van der Waals surface area contributed by atoms with Gasteiger partial charge in [0.15, 0.2) is 0 Å². The van der Waals surface area contributed by atoms with E-state index in [2.05, 4.69) is 22.2 Å². The minimum atomic E-state index is 0.0890. The minimum absolute atomic E-state index is 0.0890. The molecule has 0 radical (unpaired) electrons. The minimum Gasteiger partial charge on any atom is -0.398 e. The van der Waals surface area contributed by atoms with Crippen molar-refractivity contribution in [3.8, 4) is 0 Å². The summed E-state index contributed by atoms with van der Waals surface area (Å²) >= 11 is 0. The Hall–Kier alpha value is -2.30. The van der Waals surface area contributed by atoms with Crippen molar-refractivity contribution in [3.63, 3.8) is 0 Å². The van der Waals surface area contributed by atoms with E-state index in [0.29, 0.717) is 5.95 Å². The molecule has 0 amide bonds. The number of anilines is 3. The van der Waals surface area contributed by atoms with Crippen LogP contribution in [0.5, 0.6) is 0 Å². The summed E-state index contributed by atoms with van der Waals surface area (Å²) in [5.74, 6) is 1.47. The van der Waals surface area contributed by atoms with Crippen LogP contribution >= 0.6 is 0 Å². The van der Waals surface area contributed by atoms with Crippen molar-refractivity contribution in [2.24, 2.45) is 0 Å². The van der Waals surface area contributed by atoms with Gasteiger partial charge in [0, 0.05) is 26.0 Å². The number of hydrogen-bond donors (Lipinski definition) is 2. The Morgan fingerprint density at radius 1 is 1.21 bits per heavy atom. The van der Waals surface area contributed by atoms with Crippen molar-refractivity contribution in [1.29, 1.82) is 0 Å². The molecule has 0 saturated carbocycles. The van der Waals surface area contributed by atoms with Gasteiger partial charge in [-0.25, -0.2) is 4.98 Å². The van der Waals surface area contributed by atoms with Crippen LogP contribution in [0, 0.1) is 0 Å². The van der Waals surface area contributed by atoms with Gasteiger partial charge in [-0.3, -0.25) is 0 Å². The summed E-state index contributed by atoms with van der Waals surface area (Å²) in [6.45, 7) is 2.06. The van der Waals surface area contributed by atoms with Crippen LogP contribution in [-0.2, 0) is 0 Å². The summed E-state index contributed by atoms with van der Waals surface area (Å²) in [5, 5.41) is 3.34. The van der Waals surface area contributed by atoms with Crippen molar-refractivity contribution in [2.45, 2.75) is 13.0 Å². The van der Waals surface area contributed by atoms with Crippen LogP contribution in [0.3, 0.4) is 0 Å². The Morgan fingerprint density at radius 3 is 2.63 bits per heavy atom. The fourth-order valence-corrected chi connectivity index (χ4v) is 1.85. The largest absolute Gasteiger partial charge is 0.398 e. The van der Waals surface area contributed by atoms with Crippen LogP contribution < -0.4 is 16.0 Å². The van der Waals surface area contributed by atoms with E-state index in [0.717, 1.165) is 17.1 Å². The van der Waals surface area contributed by atoms with Gasteiger partial charge in [0.05, 0.1) is 6.04 Å². The molecule has 0 aliphatic heterocycles. The van der Waals surface area contributed by atoms with Crippen molar-refractivity contribution < 1.29 is 0 Å². The van der Waals surface area contributed by atoms with Crippen LogP contribution in [0.1, 0.15) is 18.5 Å². The molecular formula is C14H19N5. The highest BCUT2D eigenvalue weighted by molar-refractivity contribution is 5.51. The maximum atomic E-state index is 5.97. The molecule has 5 heteroatoms. The van der Waals surface area contributed by atoms with E-state index in [9.17, 15) is 0 Å². The second-order valence-corrected chi connectivity index (χ2v) is 4.63. The maximum Gasteiger partial charge on any atom is 0.226 e. The number of para-hydroxylation sites is 1. The second-order valence-electron chi connectivity index (χ2n) is 4.63. The molecule has 0 fully saturated rings. The van der Waals surface area contributed by atoms with E-state index in [1.54, 1.807) is 6.20 Å². The molecule has 1 atom stereocenters. The van der Waals surface area contributed by atoms with Crippen LogP contribution in [0.4, 0.5) is 17.5 Å². The zero-order chi connectivity index (χ0) is 13.8. The smallest absolute Gasteiger partial charge is 0.226 e. The Bertz CT molecular complexity index is 553. The molecule has 2 aromatic rings. The van der Waals surface area contributed by atoms with E-state index in [4.69, 9.17) is 5.73 Å². The lowest BCUT2D eigenvalue weighted by atomic mass is 10.1. The Morgan fingerprint density at radius 2 is 1.95 bits per heavy atom. The van der Waals surface area contributed by atoms with E-state index in [1.165, 1.54) is 0 Å². The van der Waals surface area contributed by atoms with Gasteiger partial charge in [0.1, 0.15) is 5.82 Å². The highest BCUT2D eigenvalue weighted by Crippen LogP contribution is 2.23. The van der Waals surface area contributed by atoms with Crippen LogP contribution in [0.2, 0.25) is 0 Å². The highest BCUT2D eigenvalue weighted by atomic mass is 15.2. The number of benzene rings is 1. The quantitative estimate of drug-likeness (QED) is 0.823. The lowest BCUT2D eigenvalue weighted by Crippen LogP contribution is -2.15. The fraction of sp³-hybridized carbons (Fsp3) is 0.286. The lowest BCUT2D eigenvalue weighted by molar-refractivity contribution is 0.871. The topological polar surface area (TPSA) is 67.1 Å². The number of nitrogens with one attached hydrogen (secondary N) is 1. The van der Waals surface area contributed by atoms with E-state index in [-0.39, 0.29) is 6.04 Å². The number of nitrogens with zero attached hydrogens (tertiary/aromatic N) is 3. The van der Waals surface area contributed by atoms with Crippen molar-refractivity contribution in [2.75, 3.05) is 30.0 Å². The first-order valence-electron chi connectivity index (χ1n) is 6.19. The number of nitrogens with two attached hydrogens (primary N) is 1. The molecule has 3 N–H and O–H groups in total. The molecule has 1 heterocycles. The molecule has 0 aliphatic rings.